The number of aromatic nitrogens is 2. The van der Waals surface area contributed by atoms with E-state index >= 15 is 0 Å². The van der Waals surface area contributed by atoms with Crippen molar-refractivity contribution in [2.24, 2.45) is 5.92 Å². The van der Waals surface area contributed by atoms with Gasteiger partial charge in [-0.05, 0) is 0 Å². The van der Waals surface area contributed by atoms with Gasteiger partial charge >= 0.3 is 0 Å². The van der Waals surface area contributed by atoms with E-state index in [1.54, 1.807) is 0 Å². The summed E-state index contributed by atoms with van der Waals surface area (Å²) in [6.45, 7) is 8.34. The maximum absolute atomic E-state index is 4.36. The van der Waals surface area contributed by atoms with Crippen molar-refractivity contribution in [1.29, 1.82) is 0 Å². The van der Waals surface area contributed by atoms with Gasteiger partial charge in [-0.3, -0.25) is 4.90 Å². The third kappa shape index (κ3) is 2.86. The molecule has 2 rings (SSSR count). The molecule has 0 radical (unpaired) electrons. The first-order chi connectivity index (χ1) is 7.75. The number of nitrogens with zero attached hydrogens (tertiary/aromatic N) is 3. The Labute approximate surface area is 97.5 Å². The number of fused-ring (bicyclic) bond motifs is 1. The molecular weight excluding hydrogens is 198 g/mol. The molecule has 0 unspecified atom stereocenters. The summed E-state index contributed by atoms with van der Waals surface area (Å²) in [4.78, 5) is 6.77. The van der Waals surface area contributed by atoms with Gasteiger partial charge in [-0.1, -0.05) is 25.7 Å². The zero-order chi connectivity index (χ0) is 11.4. The fourth-order valence-corrected chi connectivity index (χ4v) is 1.91. The first kappa shape index (κ1) is 11.2. The van der Waals surface area contributed by atoms with Gasteiger partial charge in [0.05, 0.1) is 6.54 Å². The topological polar surface area (TPSA) is 21.1 Å². The molecule has 1 aromatic heterocycles. The van der Waals surface area contributed by atoms with Crippen molar-refractivity contribution in [3.8, 4) is 11.8 Å². The summed E-state index contributed by atoms with van der Waals surface area (Å²) in [5, 5.41) is 0. The van der Waals surface area contributed by atoms with Crippen molar-refractivity contribution in [3.63, 3.8) is 0 Å². The number of imidazole rings is 1. The lowest BCUT2D eigenvalue weighted by atomic mass is 10.2. The van der Waals surface area contributed by atoms with Crippen LogP contribution in [0.25, 0.3) is 0 Å². The van der Waals surface area contributed by atoms with E-state index in [4.69, 9.17) is 0 Å². The zero-order valence-electron chi connectivity index (χ0n) is 10.1. The highest BCUT2D eigenvalue weighted by molar-refractivity contribution is 5.04. The smallest absolute Gasteiger partial charge is 0.109 e. The van der Waals surface area contributed by atoms with E-state index in [1.807, 2.05) is 6.20 Å². The Balaban J connectivity index is 1.88. The summed E-state index contributed by atoms with van der Waals surface area (Å²) in [7, 11) is 0. The van der Waals surface area contributed by atoms with Crippen molar-refractivity contribution >= 4 is 0 Å². The molecule has 1 aromatic rings. The highest BCUT2D eigenvalue weighted by atomic mass is 15.2. The van der Waals surface area contributed by atoms with Crippen LogP contribution in [0.5, 0.6) is 0 Å². The number of hydrogen-bond donors (Lipinski definition) is 0. The van der Waals surface area contributed by atoms with Gasteiger partial charge in [-0.15, -0.1) is 0 Å². The lowest BCUT2D eigenvalue weighted by Gasteiger charge is -2.15. The van der Waals surface area contributed by atoms with Crippen LogP contribution in [0.3, 0.4) is 0 Å². The minimum Gasteiger partial charge on any atom is -0.334 e. The Morgan fingerprint density at radius 3 is 3.06 bits per heavy atom. The van der Waals surface area contributed by atoms with Gasteiger partial charge in [0, 0.05) is 44.4 Å². The van der Waals surface area contributed by atoms with Crippen LogP contribution in [-0.4, -0.2) is 34.1 Å². The van der Waals surface area contributed by atoms with Crippen molar-refractivity contribution in [3.05, 3.63) is 18.2 Å². The van der Waals surface area contributed by atoms with Crippen LogP contribution in [0.2, 0.25) is 0 Å². The van der Waals surface area contributed by atoms with E-state index in [0.717, 1.165) is 32.6 Å². The van der Waals surface area contributed by atoms with Crippen molar-refractivity contribution in [1.82, 2.24) is 14.5 Å². The molecule has 0 fully saturated rings. The van der Waals surface area contributed by atoms with Crippen LogP contribution in [0.15, 0.2) is 12.4 Å². The van der Waals surface area contributed by atoms with E-state index in [9.17, 15) is 0 Å². The molecule has 0 N–H and O–H groups in total. The fraction of sp³-hybridized carbons (Fsp3) is 0.615. The zero-order valence-corrected chi connectivity index (χ0v) is 10.1. The first-order valence-corrected chi connectivity index (χ1v) is 5.96. The Bertz CT molecular complexity index is 372. The molecule has 0 bridgehead atoms. The van der Waals surface area contributed by atoms with Crippen LogP contribution in [-0.2, 0) is 13.0 Å². The molecule has 0 amide bonds. The van der Waals surface area contributed by atoms with E-state index in [2.05, 4.69) is 46.3 Å². The monoisotopic (exact) mass is 217 g/mol. The average molecular weight is 217 g/mol. The molecule has 16 heavy (non-hydrogen) atoms. The Morgan fingerprint density at radius 1 is 1.38 bits per heavy atom. The van der Waals surface area contributed by atoms with Gasteiger partial charge in [-0.2, -0.15) is 0 Å². The molecule has 1 aliphatic heterocycles. The highest BCUT2D eigenvalue weighted by Gasteiger charge is 2.12. The third-order valence-corrected chi connectivity index (χ3v) is 2.80. The molecular formula is C13H19N3. The summed E-state index contributed by atoms with van der Waals surface area (Å²) >= 11 is 0. The highest BCUT2D eigenvalue weighted by Crippen LogP contribution is 2.06. The standard InChI is InChI=1S/C13H19N3/c1-12(2)4-3-7-15-8-5-13-14-6-9-16(13)11-10-15/h6,9,12H,5,7-8,10-11H2,1-2H3. The summed E-state index contributed by atoms with van der Waals surface area (Å²) in [5.74, 6) is 8.14. The Kier molecular flexibility index (Phi) is 3.63. The SMILES string of the molecule is CC(C)C#CCN1CCc2nccn2CC1. The van der Waals surface area contributed by atoms with E-state index in [0.29, 0.717) is 5.92 Å². The number of hydrogen-bond acceptors (Lipinski definition) is 2. The molecule has 0 saturated heterocycles. The predicted molar refractivity (Wildman–Crippen MR) is 65.0 cm³/mol. The van der Waals surface area contributed by atoms with Gasteiger partial charge in [0.1, 0.15) is 5.82 Å². The van der Waals surface area contributed by atoms with Crippen LogP contribution in [0.4, 0.5) is 0 Å². The van der Waals surface area contributed by atoms with Crippen molar-refractivity contribution in [2.45, 2.75) is 26.8 Å². The van der Waals surface area contributed by atoms with Gasteiger partial charge in [-0.25, -0.2) is 4.98 Å². The molecule has 3 nitrogen and oxygen atoms in total. The molecule has 86 valence electrons. The summed E-state index contributed by atoms with van der Waals surface area (Å²) < 4.78 is 2.25. The third-order valence-electron chi connectivity index (χ3n) is 2.80. The lowest BCUT2D eigenvalue weighted by molar-refractivity contribution is 0.313. The molecule has 0 aromatic carbocycles. The van der Waals surface area contributed by atoms with Crippen LogP contribution in [0, 0.1) is 17.8 Å². The van der Waals surface area contributed by atoms with Gasteiger partial charge in [0.2, 0.25) is 0 Å². The molecule has 2 heterocycles. The normalized spacial score (nSPS) is 16.4. The van der Waals surface area contributed by atoms with E-state index < -0.39 is 0 Å². The second kappa shape index (κ2) is 5.18. The van der Waals surface area contributed by atoms with E-state index in [1.165, 1.54) is 5.82 Å². The molecule has 0 atom stereocenters. The molecule has 0 spiro atoms. The van der Waals surface area contributed by atoms with Crippen molar-refractivity contribution < 1.29 is 0 Å². The first-order valence-electron chi connectivity index (χ1n) is 5.96. The summed E-state index contributed by atoms with van der Waals surface area (Å²) in [6.07, 6.45) is 5.00. The summed E-state index contributed by atoms with van der Waals surface area (Å²) in [6, 6.07) is 0. The van der Waals surface area contributed by atoms with Gasteiger partial charge in [0.25, 0.3) is 0 Å². The molecule has 0 aliphatic carbocycles. The van der Waals surface area contributed by atoms with E-state index in [-0.39, 0.29) is 0 Å². The lowest BCUT2D eigenvalue weighted by Crippen LogP contribution is -2.27. The fourth-order valence-electron chi connectivity index (χ4n) is 1.91. The largest absolute Gasteiger partial charge is 0.334 e. The average Bonchev–Trinajstić information content (AvgIpc) is 2.61. The van der Waals surface area contributed by atoms with Crippen molar-refractivity contribution in [2.75, 3.05) is 19.6 Å². The predicted octanol–water partition coefficient (Wildman–Crippen LogP) is 1.40. The second-order valence-electron chi connectivity index (χ2n) is 4.54. The molecule has 3 heteroatoms. The Hall–Kier alpha value is -1.27. The van der Waals surface area contributed by atoms with Crippen LogP contribution in [0.1, 0.15) is 19.7 Å². The quantitative estimate of drug-likeness (QED) is 0.663. The molecule has 1 aliphatic rings. The maximum atomic E-state index is 4.36. The van der Waals surface area contributed by atoms with Gasteiger partial charge < -0.3 is 4.57 Å². The van der Waals surface area contributed by atoms with Gasteiger partial charge in [0.15, 0.2) is 0 Å². The summed E-state index contributed by atoms with van der Waals surface area (Å²) in [5.41, 5.74) is 0. The Morgan fingerprint density at radius 2 is 2.25 bits per heavy atom. The second-order valence-corrected chi connectivity index (χ2v) is 4.54. The number of rotatable bonds is 1. The minimum atomic E-state index is 0.474. The van der Waals surface area contributed by atoms with Crippen LogP contribution >= 0.6 is 0 Å². The maximum Gasteiger partial charge on any atom is 0.109 e. The molecule has 0 saturated carbocycles. The minimum absolute atomic E-state index is 0.474. The van der Waals surface area contributed by atoms with Crippen LogP contribution < -0.4 is 0 Å².